The van der Waals surface area contributed by atoms with Crippen molar-refractivity contribution >= 4 is 41.6 Å². The van der Waals surface area contributed by atoms with E-state index in [1.165, 1.54) is 0 Å². The molecule has 0 aromatic heterocycles. The van der Waals surface area contributed by atoms with Gasteiger partial charge in [0.15, 0.2) is 0 Å². The highest BCUT2D eigenvalue weighted by Crippen LogP contribution is 2.50. The van der Waals surface area contributed by atoms with Crippen LogP contribution in [0.25, 0.3) is 54.9 Å². The first-order valence-electron chi connectivity index (χ1n) is 14.0. The molecule has 0 radical (unpaired) electrons. The lowest BCUT2D eigenvalue weighted by molar-refractivity contribution is 0.579. The molecule has 7 rings (SSSR count). The third-order valence-electron chi connectivity index (χ3n) is 8.08. The predicted molar refractivity (Wildman–Crippen MR) is 174 cm³/mol. The van der Waals surface area contributed by atoms with Crippen molar-refractivity contribution in [2.24, 2.45) is 0 Å². The maximum absolute atomic E-state index is 14.4. The van der Waals surface area contributed by atoms with Crippen LogP contribution in [0.1, 0.15) is 22.3 Å². The second-order valence-corrected chi connectivity index (χ2v) is 15.0. The number of hydrogen-bond acceptors (Lipinski definition) is 4. The summed E-state index contributed by atoms with van der Waals surface area (Å²) < 4.78 is 59.7. The first kappa shape index (κ1) is 27.5. The minimum Gasteiger partial charge on any atom is -0.206 e. The largest absolute Gasteiger partial charge is 0.255 e. The van der Waals surface area contributed by atoms with Gasteiger partial charge in [-0.1, -0.05) is 107 Å². The molecule has 0 saturated heterocycles. The molecular weight excluding hydrogens is 575 g/mol. The molecule has 0 fully saturated rings. The van der Waals surface area contributed by atoms with Gasteiger partial charge in [-0.05, 0) is 72.5 Å². The second-order valence-electron chi connectivity index (χ2n) is 11.5. The quantitative estimate of drug-likeness (QED) is 0.216. The summed E-state index contributed by atoms with van der Waals surface area (Å²) in [5.41, 5.74) is 7.02. The Morgan fingerprint density at radius 3 is 1.19 bits per heavy atom. The van der Waals surface area contributed by atoms with E-state index in [4.69, 9.17) is 0 Å². The normalized spacial score (nSPS) is 15.2. The summed E-state index contributed by atoms with van der Waals surface area (Å²) in [6.07, 6.45) is 0. The molecular formula is C36H29NO4S2. The van der Waals surface area contributed by atoms with Crippen molar-refractivity contribution in [1.82, 2.24) is 4.13 Å². The van der Waals surface area contributed by atoms with E-state index in [0.29, 0.717) is 44.2 Å². The number of sulfonamides is 2. The lowest BCUT2D eigenvalue weighted by atomic mass is 9.87. The number of benzene rings is 6. The number of fused-ring (bicyclic) bond motifs is 7. The van der Waals surface area contributed by atoms with E-state index in [1.54, 1.807) is 0 Å². The Kier molecular flexibility index (Phi) is 6.15. The summed E-state index contributed by atoms with van der Waals surface area (Å²) in [6, 6.07) is 30.7. The SMILES string of the molecule is Cc1cc(C)cc(-c2cc3ccccc3c3c2S(=O)(=O)NS(=O)(=O)c2c(-c4cc(C)cc(C)c4)cc4ccccc4c2-3)c1. The van der Waals surface area contributed by atoms with Crippen molar-refractivity contribution in [2.45, 2.75) is 37.5 Å². The van der Waals surface area contributed by atoms with Gasteiger partial charge in [0.05, 0.1) is 9.79 Å². The van der Waals surface area contributed by atoms with Crippen molar-refractivity contribution in [3.05, 3.63) is 119 Å². The zero-order chi connectivity index (χ0) is 30.3. The van der Waals surface area contributed by atoms with Gasteiger partial charge in [0.1, 0.15) is 0 Å². The molecule has 0 atom stereocenters. The number of nitrogens with one attached hydrogen (secondary N) is 1. The van der Waals surface area contributed by atoms with Gasteiger partial charge in [-0.2, -0.15) is 0 Å². The molecule has 0 saturated carbocycles. The van der Waals surface area contributed by atoms with Gasteiger partial charge in [0, 0.05) is 22.3 Å². The molecule has 1 N–H and O–H groups in total. The van der Waals surface area contributed by atoms with E-state index in [9.17, 15) is 16.8 Å². The van der Waals surface area contributed by atoms with Crippen molar-refractivity contribution in [2.75, 3.05) is 0 Å². The lowest BCUT2D eigenvalue weighted by Gasteiger charge is -2.20. The third kappa shape index (κ3) is 4.47. The monoisotopic (exact) mass is 603 g/mol. The van der Waals surface area contributed by atoms with Gasteiger partial charge in [-0.3, -0.25) is 0 Å². The summed E-state index contributed by atoms with van der Waals surface area (Å²) >= 11 is 0. The summed E-state index contributed by atoms with van der Waals surface area (Å²) in [6.45, 7) is 7.86. The molecule has 6 aromatic rings. The number of hydrogen-bond donors (Lipinski definition) is 1. The molecule has 0 amide bonds. The maximum atomic E-state index is 14.4. The fourth-order valence-corrected chi connectivity index (χ4v) is 10.3. The van der Waals surface area contributed by atoms with Crippen LogP contribution in [-0.2, 0) is 20.0 Å². The maximum Gasteiger partial charge on any atom is 0.255 e. The molecule has 43 heavy (non-hydrogen) atoms. The van der Waals surface area contributed by atoms with Gasteiger partial charge in [-0.15, -0.1) is 4.13 Å². The van der Waals surface area contributed by atoms with Crippen LogP contribution in [0.2, 0.25) is 0 Å². The molecule has 0 unspecified atom stereocenters. The van der Waals surface area contributed by atoms with Gasteiger partial charge in [0.2, 0.25) is 0 Å². The summed E-state index contributed by atoms with van der Waals surface area (Å²) in [7, 11) is -9.14. The summed E-state index contributed by atoms with van der Waals surface area (Å²) in [4.78, 5) is -0.0810. The van der Waals surface area contributed by atoms with E-state index in [-0.39, 0.29) is 9.79 Å². The molecule has 6 aromatic carbocycles. The Morgan fingerprint density at radius 2 is 0.814 bits per heavy atom. The molecule has 5 nitrogen and oxygen atoms in total. The first-order chi connectivity index (χ1) is 20.4. The van der Waals surface area contributed by atoms with Crippen LogP contribution in [-0.4, -0.2) is 16.8 Å². The van der Waals surface area contributed by atoms with Gasteiger partial charge >= 0.3 is 0 Å². The molecule has 0 aliphatic carbocycles. The van der Waals surface area contributed by atoms with Crippen molar-refractivity contribution in [3.63, 3.8) is 0 Å². The molecule has 0 bridgehead atoms. The Hall–Kier alpha value is -4.30. The van der Waals surface area contributed by atoms with Crippen molar-refractivity contribution < 1.29 is 16.8 Å². The van der Waals surface area contributed by atoms with E-state index >= 15 is 0 Å². The highest BCUT2D eigenvalue weighted by atomic mass is 32.3. The Labute approximate surface area is 251 Å². The predicted octanol–water partition coefficient (Wildman–Crippen LogP) is 8.21. The molecule has 7 heteroatoms. The summed E-state index contributed by atoms with van der Waals surface area (Å²) in [5, 5.41) is 2.96. The summed E-state index contributed by atoms with van der Waals surface area (Å²) in [5.74, 6) is 0. The minimum atomic E-state index is -4.57. The average Bonchev–Trinajstić information content (AvgIpc) is 3.00. The van der Waals surface area contributed by atoms with E-state index in [2.05, 4.69) is 4.13 Å². The lowest BCUT2D eigenvalue weighted by Crippen LogP contribution is -2.30. The topological polar surface area (TPSA) is 80.3 Å². The van der Waals surface area contributed by atoms with Crippen LogP contribution >= 0.6 is 0 Å². The minimum absolute atomic E-state index is 0.0405. The van der Waals surface area contributed by atoms with Crippen LogP contribution in [0.3, 0.4) is 0 Å². The van der Waals surface area contributed by atoms with Crippen LogP contribution < -0.4 is 4.13 Å². The number of aryl methyl sites for hydroxylation is 4. The Balaban J connectivity index is 1.79. The smallest absolute Gasteiger partial charge is 0.206 e. The van der Waals surface area contributed by atoms with Gasteiger partial charge < -0.3 is 0 Å². The second kappa shape index (κ2) is 9.61. The highest BCUT2D eigenvalue weighted by Gasteiger charge is 2.40. The standard InChI is InChI=1S/C36H29NO4S2/c1-21-13-22(2)16-27(15-21)31-19-25-9-5-7-11-29(25)33-34-30-12-8-6-10-26(30)20-32(28-17-23(3)14-24(4)18-28)36(34)43(40,41)37-42(38,39)35(31)33/h5-20,37H,1-4H3. The molecule has 1 aliphatic heterocycles. The van der Waals surface area contributed by atoms with Gasteiger partial charge in [0.25, 0.3) is 20.0 Å². The van der Waals surface area contributed by atoms with Crippen LogP contribution in [0.15, 0.2) is 107 Å². The van der Waals surface area contributed by atoms with E-state index in [1.807, 2.05) is 125 Å². The molecule has 1 heterocycles. The fourth-order valence-electron chi connectivity index (χ4n) is 6.63. The van der Waals surface area contributed by atoms with Crippen LogP contribution in [0, 0.1) is 27.7 Å². The fraction of sp³-hybridized carbons (Fsp3) is 0.111. The molecule has 214 valence electrons. The van der Waals surface area contributed by atoms with Crippen molar-refractivity contribution in [3.8, 4) is 33.4 Å². The third-order valence-corrected chi connectivity index (χ3v) is 11.8. The van der Waals surface area contributed by atoms with Gasteiger partial charge in [-0.25, -0.2) is 16.8 Å². The highest BCUT2D eigenvalue weighted by molar-refractivity contribution is 8.05. The zero-order valence-corrected chi connectivity index (χ0v) is 25.8. The van der Waals surface area contributed by atoms with E-state index in [0.717, 1.165) is 33.0 Å². The van der Waals surface area contributed by atoms with E-state index < -0.39 is 20.0 Å². The average molecular weight is 604 g/mol. The Bertz CT molecular complexity index is 2180. The zero-order valence-electron chi connectivity index (χ0n) is 24.2. The molecule has 1 aliphatic rings. The van der Waals surface area contributed by atoms with Crippen LogP contribution in [0.5, 0.6) is 0 Å². The van der Waals surface area contributed by atoms with Crippen LogP contribution in [0.4, 0.5) is 0 Å². The molecule has 0 spiro atoms. The first-order valence-corrected chi connectivity index (χ1v) is 17.0. The number of rotatable bonds is 2. The Morgan fingerprint density at radius 1 is 0.465 bits per heavy atom. The van der Waals surface area contributed by atoms with Crippen molar-refractivity contribution in [1.29, 1.82) is 0 Å².